The van der Waals surface area contributed by atoms with Gasteiger partial charge in [-0.25, -0.2) is 4.79 Å². The molecule has 2 aromatic rings. The van der Waals surface area contributed by atoms with Crippen molar-refractivity contribution in [2.75, 3.05) is 25.0 Å². The van der Waals surface area contributed by atoms with E-state index in [0.717, 1.165) is 24.3 Å². The number of hydrogen-bond acceptors (Lipinski definition) is 7. The molecule has 0 saturated carbocycles. The molecule has 7 nitrogen and oxygen atoms in total. The highest BCUT2D eigenvalue weighted by atomic mass is 32.1. The van der Waals surface area contributed by atoms with Crippen molar-refractivity contribution < 1.29 is 19.1 Å². The lowest BCUT2D eigenvalue weighted by Gasteiger charge is -2.32. The molecule has 2 aromatic heterocycles. The third kappa shape index (κ3) is 3.96. The van der Waals surface area contributed by atoms with Gasteiger partial charge in [-0.15, -0.1) is 22.7 Å². The second kappa shape index (κ2) is 8.42. The van der Waals surface area contributed by atoms with Crippen LogP contribution in [0.25, 0.3) is 0 Å². The van der Waals surface area contributed by atoms with Crippen LogP contribution in [0.3, 0.4) is 0 Å². The fourth-order valence-corrected chi connectivity index (χ4v) is 5.44. The molecule has 0 saturated heterocycles. The Morgan fingerprint density at radius 3 is 2.82 bits per heavy atom. The molecule has 1 aliphatic heterocycles. The first kappa shape index (κ1) is 20.5. The fourth-order valence-electron chi connectivity index (χ4n) is 3.41. The molecule has 0 aromatic carbocycles. The standard InChI is InChI=1S/C19H23N3O4S2/c1-4-26-19(25)15-10(2)16(17(20)24)28-18(15)21-14(23)9-22-7-5-13-12(11(22)3)6-8-27-13/h6,8,11H,4-5,7,9H2,1-3H3,(H2,20,24)(H,21,23)/t11-/m1/s1. The van der Waals surface area contributed by atoms with Gasteiger partial charge in [0.25, 0.3) is 5.91 Å². The SMILES string of the molecule is CCOC(=O)c1c(NC(=O)CN2CCc3sccc3[C@H]2C)sc(C(N)=O)c1C. The normalized spacial score (nSPS) is 16.5. The number of primary amides is 1. The van der Waals surface area contributed by atoms with Crippen LogP contribution < -0.4 is 11.1 Å². The Labute approximate surface area is 171 Å². The molecule has 3 heterocycles. The Bertz CT molecular complexity index is 918. The van der Waals surface area contributed by atoms with Crippen LogP contribution >= 0.6 is 22.7 Å². The number of fused-ring (bicyclic) bond motifs is 1. The maximum atomic E-state index is 12.7. The Morgan fingerprint density at radius 1 is 1.39 bits per heavy atom. The summed E-state index contributed by atoms with van der Waals surface area (Å²) in [6.45, 7) is 6.60. The Balaban J connectivity index is 1.77. The molecule has 0 aliphatic carbocycles. The van der Waals surface area contributed by atoms with E-state index in [2.05, 4.69) is 28.6 Å². The first-order valence-corrected chi connectivity index (χ1v) is 10.7. The molecule has 3 N–H and O–H groups in total. The smallest absolute Gasteiger partial charge is 0.341 e. The van der Waals surface area contributed by atoms with Gasteiger partial charge in [-0.1, -0.05) is 0 Å². The molecule has 0 unspecified atom stereocenters. The predicted octanol–water partition coefficient (Wildman–Crippen LogP) is 2.95. The maximum Gasteiger partial charge on any atom is 0.341 e. The summed E-state index contributed by atoms with van der Waals surface area (Å²) in [5, 5.41) is 5.16. The molecule has 3 rings (SSSR count). The van der Waals surface area contributed by atoms with Crippen LogP contribution in [0, 0.1) is 6.92 Å². The summed E-state index contributed by atoms with van der Waals surface area (Å²) in [6, 6.07) is 2.26. The predicted molar refractivity (Wildman–Crippen MR) is 110 cm³/mol. The molecular formula is C19H23N3O4S2. The molecule has 0 bridgehead atoms. The van der Waals surface area contributed by atoms with Gasteiger partial charge in [-0.2, -0.15) is 0 Å². The molecular weight excluding hydrogens is 398 g/mol. The number of carbonyl (C=O) groups excluding carboxylic acids is 3. The molecule has 0 radical (unpaired) electrons. The van der Waals surface area contributed by atoms with E-state index < -0.39 is 11.9 Å². The summed E-state index contributed by atoms with van der Waals surface area (Å²) >= 11 is 2.75. The van der Waals surface area contributed by atoms with E-state index in [9.17, 15) is 14.4 Å². The number of anilines is 1. The van der Waals surface area contributed by atoms with Gasteiger partial charge in [0.1, 0.15) is 5.00 Å². The van der Waals surface area contributed by atoms with Crippen LogP contribution in [0.1, 0.15) is 55.9 Å². The number of rotatable bonds is 6. The van der Waals surface area contributed by atoms with Crippen LogP contribution in [0.2, 0.25) is 0 Å². The monoisotopic (exact) mass is 421 g/mol. The number of nitrogens with two attached hydrogens (primary N) is 1. The van der Waals surface area contributed by atoms with Gasteiger partial charge in [0, 0.05) is 17.5 Å². The van der Waals surface area contributed by atoms with Crippen molar-refractivity contribution in [3.05, 3.63) is 37.9 Å². The number of nitrogens with one attached hydrogen (secondary N) is 1. The first-order valence-electron chi connectivity index (χ1n) is 9.03. The lowest BCUT2D eigenvalue weighted by atomic mass is 10.0. The van der Waals surface area contributed by atoms with E-state index in [0.29, 0.717) is 10.6 Å². The zero-order valence-electron chi connectivity index (χ0n) is 16.0. The number of esters is 1. The van der Waals surface area contributed by atoms with E-state index in [1.54, 1.807) is 25.2 Å². The molecule has 1 aliphatic rings. The summed E-state index contributed by atoms with van der Waals surface area (Å²) in [4.78, 5) is 40.4. The number of ether oxygens (including phenoxy) is 1. The van der Waals surface area contributed by atoms with Gasteiger partial charge in [0.15, 0.2) is 0 Å². The molecule has 2 amide bonds. The molecule has 28 heavy (non-hydrogen) atoms. The summed E-state index contributed by atoms with van der Waals surface area (Å²) in [7, 11) is 0. The van der Waals surface area contributed by atoms with Crippen molar-refractivity contribution in [1.82, 2.24) is 4.90 Å². The zero-order valence-corrected chi connectivity index (χ0v) is 17.7. The van der Waals surface area contributed by atoms with Crippen molar-refractivity contribution in [3.63, 3.8) is 0 Å². The minimum absolute atomic E-state index is 0.150. The van der Waals surface area contributed by atoms with E-state index >= 15 is 0 Å². The number of amides is 2. The van der Waals surface area contributed by atoms with Crippen molar-refractivity contribution in [2.45, 2.75) is 33.2 Å². The average Bonchev–Trinajstić information content (AvgIpc) is 3.22. The number of nitrogens with zero attached hydrogens (tertiary/aromatic N) is 1. The van der Waals surface area contributed by atoms with Crippen molar-refractivity contribution in [1.29, 1.82) is 0 Å². The first-order chi connectivity index (χ1) is 13.3. The summed E-state index contributed by atoms with van der Waals surface area (Å²) in [5.41, 5.74) is 7.29. The quantitative estimate of drug-likeness (QED) is 0.698. The lowest BCUT2D eigenvalue weighted by Crippen LogP contribution is -2.39. The lowest BCUT2D eigenvalue weighted by molar-refractivity contribution is -0.117. The minimum Gasteiger partial charge on any atom is -0.462 e. The highest BCUT2D eigenvalue weighted by molar-refractivity contribution is 7.18. The molecule has 150 valence electrons. The fraction of sp³-hybridized carbons (Fsp3) is 0.421. The zero-order chi connectivity index (χ0) is 20.4. The van der Waals surface area contributed by atoms with Crippen molar-refractivity contribution >= 4 is 45.5 Å². The minimum atomic E-state index is -0.636. The van der Waals surface area contributed by atoms with E-state index in [1.165, 1.54) is 10.4 Å². The van der Waals surface area contributed by atoms with E-state index in [1.807, 2.05) is 0 Å². The van der Waals surface area contributed by atoms with Gasteiger partial charge in [-0.3, -0.25) is 14.5 Å². The summed E-state index contributed by atoms with van der Waals surface area (Å²) in [6.07, 6.45) is 0.919. The van der Waals surface area contributed by atoms with Gasteiger partial charge in [-0.05, 0) is 49.8 Å². The van der Waals surface area contributed by atoms with Gasteiger partial charge in [0.05, 0.1) is 23.6 Å². The van der Waals surface area contributed by atoms with E-state index in [4.69, 9.17) is 10.5 Å². The number of carbonyl (C=O) groups is 3. The maximum absolute atomic E-state index is 12.7. The second-order valence-corrected chi connectivity index (χ2v) is 8.61. The largest absolute Gasteiger partial charge is 0.462 e. The average molecular weight is 422 g/mol. The van der Waals surface area contributed by atoms with Gasteiger partial charge in [0.2, 0.25) is 5.91 Å². The van der Waals surface area contributed by atoms with Crippen LogP contribution in [0.4, 0.5) is 5.00 Å². The third-order valence-corrected chi connectivity index (χ3v) is 7.07. The van der Waals surface area contributed by atoms with E-state index in [-0.39, 0.29) is 35.5 Å². The van der Waals surface area contributed by atoms with Crippen LogP contribution in [0.5, 0.6) is 0 Å². The second-order valence-electron chi connectivity index (χ2n) is 6.59. The van der Waals surface area contributed by atoms with Gasteiger partial charge >= 0.3 is 5.97 Å². The van der Waals surface area contributed by atoms with Crippen molar-refractivity contribution in [2.24, 2.45) is 5.73 Å². The topological polar surface area (TPSA) is 102 Å². The molecule has 0 fully saturated rings. The summed E-state index contributed by atoms with van der Waals surface area (Å²) in [5.74, 6) is -1.45. The highest BCUT2D eigenvalue weighted by Crippen LogP contribution is 2.35. The Morgan fingerprint density at radius 2 is 2.14 bits per heavy atom. The van der Waals surface area contributed by atoms with Crippen LogP contribution in [-0.2, 0) is 16.0 Å². The van der Waals surface area contributed by atoms with Crippen LogP contribution in [0.15, 0.2) is 11.4 Å². The highest BCUT2D eigenvalue weighted by Gasteiger charge is 2.28. The third-order valence-electron chi connectivity index (χ3n) is 4.85. The Hall–Kier alpha value is -2.23. The summed E-state index contributed by atoms with van der Waals surface area (Å²) < 4.78 is 5.08. The Kier molecular flexibility index (Phi) is 6.17. The van der Waals surface area contributed by atoms with Crippen molar-refractivity contribution in [3.8, 4) is 0 Å². The molecule has 9 heteroatoms. The molecule has 1 atom stereocenters. The van der Waals surface area contributed by atoms with Crippen LogP contribution in [-0.4, -0.2) is 42.4 Å². The molecule has 0 spiro atoms. The number of hydrogen-bond donors (Lipinski definition) is 2. The van der Waals surface area contributed by atoms with Gasteiger partial charge < -0.3 is 15.8 Å². The number of thiophene rings is 2.